The predicted molar refractivity (Wildman–Crippen MR) is 119 cm³/mol. The lowest BCUT2D eigenvalue weighted by Gasteiger charge is -2.21. The van der Waals surface area contributed by atoms with Gasteiger partial charge in [-0.2, -0.15) is 5.10 Å². The quantitative estimate of drug-likeness (QED) is 0.137. The summed E-state index contributed by atoms with van der Waals surface area (Å²) >= 11 is 13.8. The Balaban J connectivity index is 1.88. The number of aliphatic imine (C=N–C) groups is 1. The number of nitrogens with zero attached hydrogens (tertiary/aromatic N) is 3. The van der Waals surface area contributed by atoms with Crippen molar-refractivity contribution in [2.24, 2.45) is 10.1 Å². The van der Waals surface area contributed by atoms with Crippen molar-refractivity contribution in [1.29, 1.82) is 0 Å². The normalized spacial score (nSPS) is 14.2. The van der Waals surface area contributed by atoms with Crippen molar-refractivity contribution in [3.8, 4) is 5.75 Å². The number of ether oxygens (including phenoxy) is 1. The second-order valence-corrected chi connectivity index (χ2v) is 7.73. The molecule has 11 heteroatoms. The van der Waals surface area contributed by atoms with Crippen molar-refractivity contribution < 1.29 is 14.2 Å². The third kappa shape index (κ3) is 7.26. The van der Waals surface area contributed by atoms with Gasteiger partial charge in [-0.3, -0.25) is 4.99 Å². The fraction of sp³-hybridized carbons (Fsp3) is 0.412. The average molecular weight is 544 g/mol. The minimum atomic E-state index is -0.360. The Labute approximate surface area is 187 Å². The van der Waals surface area contributed by atoms with E-state index < -0.39 is 0 Å². The highest BCUT2D eigenvalue weighted by Gasteiger charge is 2.16. The Morgan fingerprint density at radius 1 is 1.46 bits per heavy atom. The smallest absolute Gasteiger partial charge is 0.162 e. The minimum Gasteiger partial charge on any atom is -0.506 e. The van der Waals surface area contributed by atoms with Crippen molar-refractivity contribution in [2.75, 3.05) is 32.8 Å². The van der Waals surface area contributed by atoms with E-state index in [2.05, 4.69) is 20.7 Å². The SMILES string of the molecule is CCCOCCNC1=C(F)CN=C(CN(I)/N=C/c2cc(Cl)cc(Cl)c2O)N1. The van der Waals surface area contributed by atoms with E-state index in [4.69, 9.17) is 27.9 Å². The highest BCUT2D eigenvalue weighted by Crippen LogP contribution is 2.30. The first-order valence-electron chi connectivity index (χ1n) is 8.56. The largest absolute Gasteiger partial charge is 0.506 e. The zero-order valence-electron chi connectivity index (χ0n) is 15.2. The highest BCUT2D eigenvalue weighted by molar-refractivity contribution is 14.1. The molecule has 0 saturated heterocycles. The second kappa shape index (κ2) is 11.6. The summed E-state index contributed by atoms with van der Waals surface area (Å²) in [5, 5.41) is 20.6. The lowest BCUT2D eigenvalue weighted by molar-refractivity contribution is 0.138. The van der Waals surface area contributed by atoms with Crippen LogP contribution in [0.3, 0.4) is 0 Å². The number of hydrazone groups is 1. The second-order valence-electron chi connectivity index (χ2n) is 5.77. The van der Waals surface area contributed by atoms with Crippen LogP contribution in [0.5, 0.6) is 5.75 Å². The van der Waals surface area contributed by atoms with Crippen molar-refractivity contribution in [3.63, 3.8) is 0 Å². The molecule has 0 radical (unpaired) electrons. The van der Waals surface area contributed by atoms with Crippen molar-refractivity contribution in [3.05, 3.63) is 39.4 Å². The van der Waals surface area contributed by atoms with Crippen molar-refractivity contribution in [1.82, 2.24) is 13.9 Å². The summed E-state index contributed by atoms with van der Waals surface area (Å²) in [6.45, 7) is 3.95. The minimum absolute atomic E-state index is 0.0423. The summed E-state index contributed by atoms with van der Waals surface area (Å²) in [6, 6.07) is 2.99. The van der Waals surface area contributed by atoms with Gasteiger partial charge in [-0.1, -0.05) is 30.1 Å². The average Bonchev–Trinajstić information content (AvgIpc) is 2.65. The summed E-state index contributed by atoms with van der Waals surface area (Å²) in [4.78, 5) is 4.15. The van der Waals surface area contributed by atoms with E-state index in [0.717, 1.165) is 6.42 Å². The molecule has 0 spiro atoms. The molecule has 0 unspecified atom stereocenters. The zero-order valence-corrected chi connectivity index (χ0v) is 18.9. The van der Waals surface area contributed by atoms with Gasteiger partial charge in [0.25, 0.3) is 0 Å². The van der Waals surface area contributed by atoms with Gasteiger partial charge in [0.15, 0.2) is 5.83 Å². The van der Waals surface area contributed by atoms with Crippen LogP contribution in [-0.4, -0.2) is 53.2 Å². The molecule has 0 aromatic heterocycles. The summed E-state index contributed by atoms with van der Waals surface area (Å²) in [6.07, 6.45) is 2.38. The molecule has 0 atom stereocenters. The van der Waals surface area contributed by atoms with Crippen LogP contribution in [0.2, 0.25) is 10.0 Å². The van der Waals surface area contributed by atoms with Gasteiger partial charge in [0, 0.05) is 23.7 Å². The topological polar surface area (TPSA) is 81.5 Å². The van der Waals surface area contributed by atoms with Gasteiger partial charge in [0.2, 0.25) is 0 Å². The number of amidine groups is 1. The monoisotopic (exact) mass is 543 g/mol. The molecule has 7 nitrogen and oxygen atoms in total. The molecule has 0 fully saturated rings. The van der Waals surface area contributed by atoms with Crippen LogP contribution in [0.25, 0.3) is 0 Å². The van der Waals surface area contributed by atoms with Gasteiger partial charge in [0.1, 0.15) is 24.0 Å². The maximum atomic E-state index is 13.9. The van der Waals surface area contributed by atoms with E-state index in [1.54, 1.807) is 9.29 Å². The number of hydrogen-bond acceptors (Lipinski definition) is 7. The van der Waals surface area contributed by atoms with Crippen LogP contribution in [-0.2, 0) is 4.74 Å². The van der Waals surface area contributed by atoms with Crippen LogP contribution in [0.4, 0.5) is 4.39 Å². The molecule has 0 saturated carbocycles. The first-order chi connectivity index (χ1) is 13.4. The number of phenolic OH excluding ortho intramolecular Hbond substituents is 1. The number of hydrogen-bond donors (Lipinski definition) is 3. The molecule has 1 aliphatic rings. The fourth-order valence-electron chi connectivity index (χ4n) is 2.19. The van der Waals surface area contributed by atoms with E-state index in [-0.39, 0.29) is 29.0 Å². The van der Waals surface area contributed by atoms with E-state index >= 15 is 0 Å². The molecule has 28 heavy (non-hydrogen) atoms. The third-order valence-electron chi connectivity index (χ3n) is 3.51. The number of nitrogens with one attached hydrogen (secondary N) is 2. The fourth-order valence-corrected chi connectivity index (χ4v) is 3.15. The number of rotatable bonds is 10. The molecule has 1 aromatic rings. The van der Waals surface area contributed by atoms with Crippen molar-refractivity contribution in [2.45, 2.75) is 13.3 Å². The molecule has 3 N–H and O–H groups in total. The Bertz CT molecular complexity index is 776. The van der Waals surface area contributed by atoms with Gasteiger partial charge in [-0.25, -0.2) is 7.61 Å². The van der Waals surface area contributed by atoms with Crippen LogP contribution in [0, 0.1) is 0 Å². The Morgan fingerprint density at radius 3 is 3.00 bits per heavy atom. The predicted octanol–water partition coefficient (Wildman–Crippen LogP) is 3.84. The van der Waals surface area contributed by atoms with Crippen LogP contribution < -0.4 is 10.6 Å². The molecule has 154 valence electrons. The summed E-state index contributed by atoms with van der Waals surface area (Å²) in [5.41, 5.74) is 0.387. The number of benzene rings is 1. The molecule has 1 aromatic carbocycles. The van der Waals surface area contributed by atoms with Crippen molar-refractivity contribution >= 4 is 58.1 Å². The molecule has 1 heterocycles. The van der Waals surface area contributed by atoms with Gasteiger partial charge in [-0.05, 0) is 18.6 Å². The zero-order chi connectivity index (χ0) is 20.5. The first-order valence-corrected chi connectivity index (χ1v) is 10.3. The van der Waals surface area contributed by atoms with E-state index in [1.807, 2.05) is 29.8 Å². The summed E-state index contributed by atoms with van der Waals surface area (Å²) in [5.74, 6) is 0.382. The number of halogens is 4. The van der Waals surface area contributed by atoms with Crippen LogP contribution >= 0.6 is 46.1 Å². The number of aromatic hydroxyl groups is 1. The summed E-state index contributed by atoms with van der Waals surface area (Å²) in [7, 11) is 0. The number of phenols is 1. The maximum Gasteiger partial charge on any atom is 0.162 e. The molecule has 0 bridgehead atoms. The molecular weight excluding hydrogens is 523 g/mol. The Morgan fingerprint density at radius 2 is 2.25 bits per heavy atom. The lowest BCUT2D eigenvalue weighted by Crippen LogP contribution is -2.40. The highest BCUT2D eigenvalue weighted by atomic mass is 127. The van der Waals surface area contributed by atoms with Gasteiger partial charge >= 0.3 is 0 Å². The van der Waals surface area contributed by atoms with E-state index in [1.165, 1.54) is 12.3 Å². The van der Waals surface area contributed by atoms with Gasteiger partial charge < -0.3 is 20.5 Å². The Kier molecular flexibility index (Phi) is 9.56. The molecule has 1 aliphatic heterocycles. The Hall–Kier alpha value is -1.30. The molecular formula is C17H21Cl2FIN5O2. The standard InChI is InChI=1S/C17H21Cl2FIN5O2/c1-2-4-28-5-3-22-17-14(20)9-23-15(25-17)10-26(21)24-8-11-6-12(18)7-13(19)16(11)27/h6-8,22,27H,2-5,9-10H2,1H3,(H,23,25)/b24-8+. The molecule has 0 aliphatic carbocycles. The first kappa shape index (κ1) is 23.0. The van der Waals surface area contributed by atoms with E-state index in [9.17, 15) is 9.50 Å². The van der Waals surface area contributed by atoms with Gasteiger partial charge in [0.05, 0.1) is 47.3 Å². The van der Waals surface area contributed by atoms with Crippen LogP contribution in [0.15, 0.2) is 33.9 Å². The lowest BCUT2D eigenvalue weighted by atomic mass is 10.2. The molecule has 2 rings (SSSR count). The van der Waals surface area contributed by atoms with Crippen LogP contribution in [0.1, 0.15) is 18.9 Å². The third-order valence-corrected chi connectivity index (χ3v) is 4.60. The maximum absolute atomic E-state index is 13.9. The van der Waals surface area contributed by atoms with Gasteiger partial charge in [-0.15, -0.1) is 0 Å². The van der Waals surface area contributed by atoms with E-state index in [0.29, 0.717) is 42.7 Å². The molecule has 0 amide bonds. The summed E-state index contributed by atoms with van der Waals surface area (Å²) < 4.78 is 20.9.